The van der Waals surface area contributed by atoms with Crippen LogP contribution >= 0.6 is 0 Å². The van der Waals surface area contributed by atoms with Crippen molar-refractivity contribution in [2.75, 3.05) is 0 Å². The first kappa shape index (κ1) is 19.4. The van der Waals surface area contributed by atoms with Crippen LogP contribution in [-0.4, -0.2) is 9.97 Å². The Bertz CT molecular complexity index is 1070. The zero-order valence-corrected chi connectivity index (χ0v) is 15.4. The lowest BCUT2D eigenvalue weighted by Gasteiger charge is -2.10. The first-order valence-electron chi connectivity index (χ1n) is 9.02. The van der Waals surface area contributed by atoms with E-state index in [4.69, 9.17) is 0 Å². The van der Waals surface area contributed by atoms with Crippen LogP contribution in [-0.2, 0) is 12.8 Å². The van der Waals surface area contributed by atoms with Crippen molar-refractivity contribution in [3.63, 3.8) is 0 Å². The number of H-pyrrole nitrogens is 1. The van der Waals surface area contributed by atoms with Gasteiger partial charge < -0.3 is 4.98 Å². The average Bonchev–Trinajstić information content (AvgIpc) is 2.70. The summed E-state index contributed by atoms with van der Waals surface area (Å²) in [7, 11) is 0. The molecule has 0 unspecified atom stereocenters. The summed E-state index contributed by atoms with van der Waals surface area (Å²) >= 11 is 0. The van der Waals surface area contributed by atoms with Crippen LogP contribution in [0.15, 0.2) is 53.3 Å². The fourth-order valence-corrected chi connectivity index (χ4v) is 3.11. The molecule has 0 spiro atoms. The van der Waals surface area contributed by atoms with E-state index < -0.39 is 17.7 Å². The SMILES string of the molecule is CCCc1nc(C(F)F)c(Cc2ccc(-c3ccccc3C#N)cc2)c(=O)[nH]1. The van der Waals surface area contributed by atoms with Crippen molar-refractivity contribution in [3.8, 4) is 17.2 Å². The van der Waals surface area contributed by atoms with E-state index in [9.17, 15) is 18.8 Å². The second-order valence-electron chi connectivity index (χ2n) is 6.46. The molecule has 6 heteroatoms. The fourth-order valence-electron chi connectivity index (χ4n) is 3.11. The number of aromatic nitrogens is 2. The minimum Gasteiger partial charge on any atom is -0.310 e. The molecule has 1 aromatic heterocycles. The summed E-state index contributed by atoms with van der Waals surface area (Å²) in [6.07, 6.45) is -1.59. The van der Waals surface area contributed by atoms with Gasteiger partial charge in [0.25, 0.3) is 12.0 Å². The maximum Gasteiger partial charge on any atom is 0.280 e. The number of benzene rings is 2. The van der Waals surface area contributed by atoms with Crippen LogP contribution in [0.25, 0.3) is 11.1 Å². The van der Waals surface area contributed by atoms with Gasteiger partial charge in [0.2, 0.25) is 0 Å². The largest absolute Gasteiger partial charge is 0.310 e. The van der Waals surface area contributed by atoms with Crippen molar-refractivity contribution in [2.24, 2.45) is 0 Å². The molecule has 0 saturated heterocycles. The minimum atomic E-state index is -2.81. The number of aryl methyl sites for hydroxylation is 1. The molecule has 3 aromatic rings. The summed E-state index contributed by atoms with van der Waals surface area (Å²) in [5, 5.41) is 9.24. The predicted molar refractivity (Wildman–Crippen MR) is 103 cm³/mol. The third-order valence-electron chi connectivity index (χ3n) is 4.48. The summed E-state index contributed by atoms with van der Waals surface area (Å²) < 4.78 is 26.9. The molecule has 28 heavy (non-hydrogen) atoms. The molecule has 0 fully saturated rings. The smallest absolute Gasteiger partial charge is 0.280 e. The average molecular weight is 379 g/mol. The molecule has 142 valence electrons. The lowest BCUT2D eigenvalue weighted by Crippen LogP contribution is -2.21. The van der Waals surface area contributed by atoms with Crippen LogP contribution in [0.2, 0.25) is 0 Å². The highest BCUT2D eigenvalue weighted by atomic mass is 19.3. The molecule has 1 N–H and O–H groups in total. The van der Waals surface area contributed by atoms with Gasteiger partial charge in [-0.2, -0.15) is 5.26 Å². The molecule has 4 nitrogen and oxygen atoms in total. The van der Waals surface area contributed by atoms with Crippen LogP contribution < -0.4 is 5.56 Å². The number of nitrogens with zero attached hydrogens (tertiary/aromatic N) is 2. The third-order valence-corrected chi connectivity index (χ3v) is 4.48. The van der Waals surface area contributed by atoms with Crippen molar-refractivity contribution in [3.05, 3.63) is 87.1 Å². The van der Waals surface area contributed by atoms with E-state index in [1.807, 2.05) is 31.2 Å². The molecule has 0 aliphatic rings. The Labute approximate surface area is 161 Å². The van der Waals surface area contributed by atoms with Crippen LogP contribution in [0.5, 0.6) is 0 Å². The highest BCUT2D eigenvalue weighted by Gasteiger charge is 2.20. The molecule has 0 radical (unpaired) electrons. The van der Waals surface area contributed by atoms with E-state index in [1.54, 1.807) is 24.3 Å². The van der Waals surface area contributed by atoms with Crippen molar-refractivity contribution in [1.82, 2.24) is 9.97 Å². The van der Waals surface area contributed by atoms with Crippen molar-refractivity contribution in [2.45, 2.75) is 32.6 Å². The number of rotatable bonds is 6. The van der Waals surface area contributed by atoms with Gasteiger partial charge in [-0.1, -0.05) is 49.4 Å². The predicted octanol–water partition coefficient (Wildman–Crippen LogP) is 4.79. The van der Waals surface area contributed by atoms with Crippen LogP contribution in [0, 0.1) is 11.3 Å². The Morgan fingerprint density at radius 1 is 1.14 bits per heavy atom. The minimum absolute atomic E-state index is 0.0139. The molecule has 0 aliphatic heterocycles. The fraction of sp³-hybridized carbons (Fsp3) is 0.227. The summed E-state index contributed by atoms with van der Waals surface area (Å²) in [6.45, 7) is 1.89. The zero-order chi connectivity index (χ0) is 20.1. The molecule has 0 aliphatic carbocycles. The lowest BCUT2D eigenvalue weighted by molar-refractivity contribution is 0.144. The summed E-state index contributed by atoms with van der Waals surface area (Å²) in [6, 6.07) is 16.6. The first-order valence-corrected chi connectivity index (χ1v) is 9.02. The second kappa shape index (κ2) is 8.57. The number of alkyl halides is 2. The van der Waals surface area contributed by atoms with E-state index in [-0.39, 0.29) is 17.8 Å². The number of aromatic amines is 1. The van der Waals surface area contributed by atoms with Gasteiger partial charge >= 0.3 is 0 Å². The second-order valence-corrected chi connectivity index (χ2v) is 6.46. The number of nitrogens with one attached hydrogen (secondary N) is 1. The highest BCUT2D eigenvalue weighted by molar-refractivity contribution is 5.70. The Balaban J connectivity index is 1.93. The van der Waals surface area contributed by atoms with E-state index in [0.717, 1.165) is 16.7 Å². The van der Waals surface area contributed by atoms with Gasteiger partial charge in [0.05, 0.1) is 11.6 Å². The summed E-state index contributed by atoms with van der Waals surface area (Å²) in [5.41, 5.74) is 1.94. The molecule has 0 atom stereocenters. The van der Waals surface area contributed by atoms with Crippen LogP contribution in [0.4, 0.5) is 8.78 Å². The van der Waals surface area contributed by atoms with Crippen LogP contribution in [0.3, 0.4) is 0 Å². The molecule has 0 saturated carbocycles. The molecule has 3 rings (SSSR count). The normalized spacial score (nSPS) is 10.8. The topological polar surface area (TPSA) is 69.5 Å². The molecular weight excluding hydrogens is 360 g/mol. The number of hydrogen-bond donors (Lipinski definition) is 1. The zero-order valence-electron chi connectivity index (χ0n) is 15.4. The van der Waals surface area contributed by atoms with Gasteiger partial charge in [-0.15, -0.1) is 0 Å². The van der Waals surface area contributed by atoms with Crippen molar-refractivity contribution < 1.29 is 8.78 Å². The van der Waals surface area contributed by atoms with E-state index >= 15 is 0 Å². The standard InChI is InChI=1S/C22H19F2N3O/c1-2-5-19-26-20(21(23)24)18(22(28)27-19)12-14-8-10-15(11-9-14)17-7-4-3-6-16(17)13-25/h3-4,6-11,21H,2,5,12H2,1H3,(H,26,27,28). The van der Waals surface area contributed by atoms with Crippen molar-refractivity contribution in [1.29, 1.82) is 5.26 Å². The Morgan fingerprint density at radius 2 is 1.86 bits per heavy atom. The van der Waals surface area contributed by atoms with Gasteiger partial charge in [0, 0.05) is 18.4 Å². The van der Waals surface area contributed by atoms with Gasteiger partial charge in [-0.3, -0.25) is 4.79 Å². The number of nitriles is 1. The monoisotopic (exact) mass is 379 g/mol. The van der Waals surface area contributed by atoms with E-state index in [1.165, 1.54) is 0 Å². The first-order chi connectivity index (χ1) is 13.5. The third kappa shape index (κ3) is 4.15. The quantitative estimate of drug-likeness (QED) is 0.669. The molecule has 0 amide bonds. The van der Waals surface area contributed by atoms with Crippen molar-refractivity contribution >= 4 is 0 Å². The molecular formula is C22H19F2N3O. The van der Waals surface area contributed by atoms with E-state index in [0.29, 0.717) is 18.4 Å². The number of halogens is 2. The van der Waals surface area contributed by atoms with Crippen LogP contribution in [0.1, 0.15) is 48.0 Å². The molecule has 1 heterocycles. The molecule has 0 bridgehead atoms. The van der Waals surface area contributed by atoms with Gasteiger partial charge in [0.15, 0.2) is 0 Å². The number of hydrogen-bond acceptors (Lipinski definition) is 3. The van der Waals surface area contributed by atoms with E-state index in [2.05, 4.69) is 16.0 Å². The Kier molecular flexibility index (Phi) is 5.95. The summed E-state index contributed by atoms with van der Waals surface area (Å²) in [4.78, 5) is 18.9. The maximum atomic E-state index is 13.5. The van der Waals surface area contributed by atoms with Gasteiger partial charge in [-0.05, 0) is 29.2 Å². The van der Waals surface area contributed by atoms with Gasteiger partial charge in [0.1, 0.15) is 11.5 Å². The Morgan fingerprint density at radius 3 is 2.50 bits per heavy atom. The lowest BCUT2D eigenvalue weighted by atomic mass is 9.97. The molecule has 2 aromatic carbocycles. The summed E-state index contributed by atoms with van der Waals surface area (Å²) in [5.74, 6) is 0.287. The Hall–Kier alpha value is -3.33. The highest BCUT2D eigenvalue weighted by Crippen LogP contribution is 2.25. The maximum absolute atomic E-state index is 13.5. The van der Waals surface area contributed by atoms with Gasteiger partial charge in [-0.25, -0.2) is 13.8 Å².